The van der Waals surface area contributed by atoms with E-state index in [0.29, 0.717) is 30.5 Å². The maximum Gasteiger partial charge on any atom is 0.239 e. The van der Waals surface area contributed by atoms with E-state index in [1.807, 2.05) is 37.3 Å². The summed E-state index contributed by atoms with van der Waals surface area (Å²) in [5.41, 5.74) is 0.780. The first-order valence-corrected chi connectivity index (χ1v) is 8.68. The van der Waals surface area contributed by atoms with E-state index < -0.39 is 5.92 Å². The number of aryl methyl sites for hydroxylation is 1. The van der Waals surface area contributed by atoms with Crippen LogP contribution in [0.5, 0.6) is 0 Å². The number of benzene rings is 1. The highest BCUT2D eigenvalue weighted by molar-refractivity contribution is 5.86. The summed E-state index contributed by atoms with van der Waals surface area (Å²) in [6.07, 6.45) is 0.579. The fraction of sp³-hybridized carbons (Fsp3) is 0.421. The van der Waals surface area contributed by atoms with Crippen LogP contribution in [0, 0.1) is 6.92 Å². The zero-order valence-electron chi connectivity index (χ0n) is 15.0. The van der Waals surface area contributed by atoms with E-state index in [4.69, 9.17) is 13.6 Å². The van der Waals surface area contributed by atoms with E-state index in [1.165, 1.54) is 0 Å². The lowest BCUT2D eigenvalue weighted by Crippen LogP contribution is -2.35. The molecule has 0 saturated carbocycles. The van der Waals surface area contributed by atoms with Crippen molar-refractivity contribution in [3.8, 4) is 0 Å². The number of nitrogens with zero attached hydrogens (tertiary/aromatic N) is 3. The van der Waals surface area contributed by atoms with Gasteiger partial charge in [0.15, 0.2) is 0 Å². The van der Waals surface area contributed by atoms with Gasteiger partial charge in [0.2, 0.25) is 17.7 Å². The topological polar surface area (TPSA) is 81.6 Å². The predicted octanol–water partition coefficient (Wildman–Crippen LogP) is 3.22. The van der Waals surface area contributed by atoms with Gasteiger partial charge >= 0.3 is 0 Å². The van der Waals surface area contributed by atoms with Gasteiger partial charge in [-0.1, -0.05) is 18.2 Å². The number of hydrogen-bond acceptors (Lipinski definition) is 6. The van der Waals surface area contributed by atoms with Crippen molar-refractivity contribution in [1.29, 1.82) is 0 Å². The summed E-state index contributed by atoms with van der Waals surface area (Å²) in [5, 5.41) is 8.99. The highest BCUT2D eigenvalue weighted by Crippen LogP contribution is 2.36. The van der Waals surface area contributed by atoms with Crippen LogP contribution in [0.25, 0.3) is 11.0 Å². The van der Waals surface area contributed by atoms with Crippen molar-refractivity contribution in [3.63, 3.8) is 0 Å². The molecule has 3 heterocycles. The van der Waals surface area contributed by atoms with Gasteiger partial charge in [0.05, 0.1) is 12.0 Å². The zero-order valence-corrected chi connectivity index (χ0v) is 15.0. The molecule has 136 valence electrons. The van der Waals surface area contributed by atoms with Gasteiger partial charge in [0.25, 0.3) is 0 Å². The molecule has 1 aromatic carbocycles. The fourth-order valence-corrected chi connectivity index (χ4v) is 3.48. The second-order valence-electron chi connectivity index (χ2n) is 6.67. The number of hydrogen-bond donors (Lipinski definition) is 0. The molecule has 2 aromatic heterocycles. The molecular weight excluding hydrogens is 334 g/mol. The summed E-state index contributed by atoms with van der Waals surface area (Å²) >= 11 is 0. The van der Waals surface area contributed by atoms with Crippen LogP contribution in [0.2, 0.25) is 0 Å². The third kappa shape index (κ3) is 2.88. The average Bonchev–Trinajstić information content (AvgIpc) is 3.37. The van der Waals surface area contributed by atoms with Crippen LogP contribution in [-0.2, 0) is 9.53 Å². The van der Waals surface area contributed by atoms with Gasteiger partial charge in [-0.15, -0.1) is 10.2 Å². The lowest BCUT2D eigenvalue weighted by molar-refractivity contribution is -0.134. The third-order valence-corrected chi connectivity index (χ3v) is 4.95. The van der Waals surface area contributed by atoms with Gasteiger partial charge < -0.3 is 18.5 Å². The third-order valence-electron chi connectivity index (χ3n) is 4.95. The number of para-hydroxylation sites is 1. The molecule has 3 aromatic rings. The molecule has 1 aliphatic rings. The van der Waals surface area contributed by atoms with Crippen LogP contribution < -0.4 is 0 Å². The first-order chi connectivity index (χ1) is 12.6. The summed E-state index contributed by atoms with van der Waals surface area (Å²) in [7, 11) is 1.65. The molecule has 26 heavy (non-hydrogen) atoms. The highest BCUT2D eigenvalue weighted by Gasteiger charge is 2.41. The summed E-state index contributed by atoms with van der Waals surface area (Å²) in [5.74, 6) is 1.14. The van der Waals surface area contributed by atoms with E-state index in [2.05, 4.69) is 10.2 Å². The monoisotopic (exact) mass is 355 g/mol. The summed E-state index contributed by atoms with van der Waals surface area (Å²) < 4.78 is 16.9. The quantitative estimate of drug-likeness (QED) is 0.715. The van der Waals surface area contributed by atoms with E-state index in [1.54, 1.807) is 18.9 Å². The van der Waals surface area contributed by atoms with Crippen LogP contribution in [0.1, 0.15) is 42.8 Å². The van der Waals surface area contributed by atoms with Crippen LogP contribution in [0.15, 0.2) is 39.2 Å². The predicted molar refractivity (Wildman–Crippen MR) is 93.5 cm³/mol. The maximum absolute atomic E-state index is 13.2. The zero-order chi connectivity index (χ0) is 18.3. The van der Waals surface area contributed by atoms with Gasteiger partial charge in [-0.2, -0.15) is 0 Å². The van der Waals surface area contributed by atoms with E-state index >= 15 is 0 Å². The number of carbonyl (C=O) groups excluding carboxylic acids is 1. The molecule has 3 atom stereocenters. The number of carbonyl (C=O) groups is 1. The van der Waals surface area contributed by atoms with Gasteiger partial charge in [0.1, 0.15) is 17.4 Å². The van der Waals surface area contributed by atoms with E-state index in [0.717, 1.165) is 11.0 Å². The lowest BCUT2D eigenvalue weighted by atomic mass is 10.1. The number of likely N-dealkylation sites (tertiary alicyclic amines) is 1. The Hall–Kier alpha value is -2.67. The Bertz CT molecular complexity index is 899. The van der Waals surface area contributed by atoms with Crippen LogP contribution >= 0.6 is 0 Å². The molecule has 1 unspecified atom stereocenters. The van der Waals surface area contributed by atoms with Crippen LogP contribution in [0.3, 0.4) is 0 Å². The van der Waals surface area contributed by atoms with Crippen molar-refractivity contribution in [2.45, 2.75) is 38.3 Å². The van der Waals surface area contributed by atoms with Crippen molar-refractivity contribution in [3.05, 3.63) is 47.9 Å². The first-order valence-electron chi connectivity index (χ1n) is 8.68. The molecule has 0 radical (unpaired) electrons. The van der Waals surface area contributed by atoms with E-state index in [9.17, 15) is 4.79 Å². The van der Waals surface area contributed by atoms with E-state index in [-0.39, 0.29) is 18.1 Å². The van der Waals surface area contributed by atoms with Gasteiger partial charge in [-0.25, -0.2) is 0 Å². The Morgan fingerprint density at radius 3 is 2.81 bits per heavy atom. The number of fused-ring (bicyclic) bond motifs is 1. The largest absolute Gasteiger partial charge is 0.460 e. The molecule has 1 fully saturated rings. The Labute approximate surface area is 150 Å². The molecule has 0 spiro atoms. The fourth-order valence-electron chi connectivity index (χ4n) is 3.48. The normalized spacial score (nSPS) is 21.4. The first kappa shape index (κ1) is 16.8. The van der Waals surface area contributed by atoms with Crippen molar-refractivity contribution in [2.24, 2.45) is 0 Å². The Morgan fingerprint density at radius 2 is 2.12 bits per heavy atom. The lowest BCUT2D eigenvalue weighted by Gasteiger charge is -2.24. The Kier molecular flexibility index (Phi) is 4.24. The molecular formula is C19H21N3O4. The number of ether oxygens (including phenoxy) is 1. The second-order valence-corrected chi connectivity index (χ2v) is 6.67. The summed E-state index contributed by atoms with van der Waals surface area (Å²) in [4.78, 5) is 15.0. The van der Waals surface area contributed by atoms with Crippen molar-refractivity contribution in [1.82, 2.24) is 15.1 Å². The van der Waals surface area contributed by atoms with Crippen molar-refractivity contribution in [2.75, 3.05) is 13.7 Å². The summed E-state index contributed by atoms with van der Waals surface area (Å²) in [6.45, 7) is 4.09. The van der Waals surface area contributed by atoms with Gasteiger partial charge in [0, 0.05) is 32.4 Å². The minimum absolute atomic E-state index is 0.0375. The molecule has 0 aliphatic carbocycles. The van der Waals surface area contributed by atoms with Crippen LogP contribution in [0.4, 0.5) is 0 Å². The molecule has 1 aliphatic heterocycles. The molecule has 1 saturated heterocycles. The highest BCUT2D eigenvalue weighted by atomic mass is 16.5. The number of amides is 1. The number of aromatic nitrogens is 2. The Morgan fingerprint density at radius 1 is 1.31 bits per heavy atom. The number of rotatable bonds is 4. The van der Waals surface area contributed by atoms with Crippen molar-refractivity contribution < 1.29 is 18.4 Å². The second kappa shape index (κ2) is 6.57. The molecule has 1 amide bonds. The van der Waals surface area contributed by atoms with Gasteiger partial charge in [-0.05, 0) is 19.1 Å². The van der Waals surface area contributed by atoms with Gasteiger partial charge in [-0.3, -0.25) is 4.79 Å². The smallest absolute Gasteiger partial charge is 0.239 e. The molecule has 4 rings (SSSR count). The van der Waals surface area contributed by atoms with Crippen molar-refractivity contribution >= 4 is 16.9 Å². The van der Waals surface area contributed by atoms with Crippen LogP contribution in [-0.4, -0.2) is 40.8 Å². The summed E-state index contributed by atoms with van der Waals surface area (Å²) in [6, 6.07) is 9.39. The molecule has 7 heteroatoms. The minimum Gasteiger partial charge on any atom is -0.460 e. The Balaban J connectivity index is 1.61. The standard InChI is InChI=1S/C19H21N3O4/c1-11(17-8-13-6-4-5-7-16(13)26-17)19(23)22-10-14(24-3)9-15(22)18-21-20-12(2)25-18/h4-8,11,14-15H,9-10H2,1-3H3/t11?,14-,15+/m0/s1. The maximum atomic E-state index is 13.2. The molecule has 0 N–H and O–H groups in total. The average molecular weight is 355 g/mol. The molecule has 7 nitrogen and oxygen atoms in total. The number of methoxy groups -OCH3 is 1. The minimum atomic E-state index is -0.412. The number of furan rings is 1. The molecule has 0 bridgehead atoms. The SMILES string of the molecule is CO[C@H]1C[C@H](c2nnc(C)o2)N(C(=O)C(C)c2cc3ccccc3o2)C1.